The molecule has 3 N–H and O–H groups in total. The van der Waals surface area contributed by atoms with Gasteiger partial charge in [-0.25, -0.2) is 0 Å². The first kappa shape index (κ1) is 56.1. The number of aliphatic hydroxyl groups excluding tert-OH is 2. The third kappa shape index (κ3) is 40.8. The van der Waals surface area contributed by atoms with Crippen molar-refractivity contribution in [1.29, 1.82) is 0 Å². The first-order chi connectivity index (χ1) is 28.5. The minimum Gasteiger partial charge on any atom is -0.462 e. The molecule has 0 aliphatic rings. The summed E-state index contributed by atoms with van der Waals surface area (Å²) in [6.07, 6.45) is 53.5. The number of carbonyl (C=O) groups excluding carboxylic acids is 2. The Morgan fingerprint density at radius 1 is 0.517 bits per heavy atom. The molecule has 0 aromatic carbocycles. The third-order valence-corrected chi connectivity index (χ3v) is 11.5. The van der Waals surface area contributed by atoms with E-state index in [1.807, 2.05) is 0 Å². The summed E-state index contributed by atoms with van der Waals surface area (Å²) < 4.78 is 5.92. The number of amides is 1. The number of aliphatic hydroxyl groups is 2. The molecular weight excluding hydrogens is 719 g/mol. The van der Waals surface area contributed by atoms with Gasteiger partial charge >= 0.3 is 5.97 Å². The molecule has 0 heterocycles. The molecule has 0 aliphatic heterocycles. The first-order valence-electron chi connectivity index (χ1n) is 25.2. The summed E-state index contributed by atoms with van der Waals surface area (Å²) in [5.74, 6) is -0.487. The highest BCUT2D eigenvalue weighted by atomic mass is 16.5. The molecule has 3 unspecified atom stereocenters. The van der Waals surface area contributed by atoms with E-state index in [2.05, 4.69) is 62.5 Å². The summed E-state index contributed by atoms with van der Waals surface area (Å²) in [7, 11) is 0. The Morgan fingerprint density at radius 3 is 1.41 bits per heavy atom. The topological polar surface area (TPSA) is 95.9 Å². The molecule has 0 saturated heterocycles. The Kier molecular flexibility index (Phi) is 44.6. The zero-order chi connectivity index (χ0) is 42.4. The van der Waals surface area contributed by atoms with Crippen LogP contribution in [0.5, 0.6) is 0 Å². The van der Waals surface area contributed by atoms with Gasteiger partial charge in [0, 0.05) is 6.42 Å². The fraction of sp³-hybridized carbons (Fsp3) is 0.846. The number of unbranched alkanes of at least 4 members (excludes halogenated alkanes) is 27. The van der Waals surface area contributed by atoms with Crippen LogP contribution in [0.2, 0.25) is 0 Å². The summed E-state index contributed by atoms with van der Waals surface area (Å²) in [5, 5.41) is 23.7. The predicted octanol–water partition coefficient (Wildman–Crippen LogP) is 14.9. The van der Waals surface area contributed by atoms with Crippen LogP contribution in [0.3, 0.4) is 0 Å². The molecule has 0 aliphatic carbocycles. The molecule has 0 fully saturated rings. The van der Waals surface area contributed by atoms with E-state index in [1.165, 1.54) is 135 Å². The van der Waals surface area contributed by atoms with Gasteiger partial charge in [-0.15, -0.1) is 0 Å². The van der Waals surface area contributed by atoms with Crippen LogP contribution >= 0.6 is 0 Å². The lowest BCUT2D eigenvalue weighted by Gasteiger charge is -2.24. The second kappa shape index (κ2) is 46.2. The van der Waals surface area contributed by atoms with Gasteiger partial charge in [0.05, 0.1) is 25.2 Å². The Bertz CT molecular complexity index is 961. The Labute approximate surface area is 360 Å². The van der Waals surface area contributed by atoms with Crippen molar-refractivity contribution in [1.82, 2.24) is 5.32 Å². The van der Waals surface area contributed by atoms with E-state index >= 15 is 0 Å². The van der Waals surface area contributed by atoms with E-state index < -0.39 is 18.2 Å². The van der Waals surface area contributed by atoms with Gasteiger partial charge in [-0.2, -0.15) is 0 Å². The molecule has 3 atom stereocenters. The minimum atomic E-state index is -0.789. The lowest BCUT2D eigenvalue weighted by Crippen LogP contribution is -2.46. The van der Waals surface area contributed by atoms with Gasteiger partial charge in [-0.05, 0) is 77.0 Å². The minimum absolute atomic E-state index is 0.0682. The molecule has 58 heavy (non-hydrogen) atoms. The largest absolute Gasteiger partial charge is 0.462 e. The molecule has 1 amide bonds. The molecule has 0 radical (unpaired) electrons. The Morgan fingerprint density at radius 2 is 0.931 bits per heavy atom. The summed E-state index contributed by atoms with van der Waals surface area (Å²) in [4.78, 5) is 26.1. The van der Waals surface area contributed by atoms with Gasteiger partial charge in [-0.1, -0.05) is 205 Å². The highest BCUT2D eigenvalue weighted by molar-refractivity contribution is 5.77. The van der Waals surface area contributed by atoms with E-state index in [-0.39, 0.29) is 24.9 Å². The molecule has 0 spiro atoms. The molecule has 0 aromatic rings. The SMILES string of the molecule is CC/C=C/C/C=C/CCCCCCCC(CC(=O)NC(CO)C(O)CCCCCCCCCCCC)OC(=O)CCCCCCCCC/C=C/CCCCCCCC. The number of allylic oxidation sites excluding steroid dienone is 6. The van der Waals surface area contributed by atoms with Crippen LogP contribution in [-0.2, 0) is 14.3 Å². The normalized spacial score (nSPS) is 13.5. The van der Waals surface area contributed by atoms with Gasteiger partial charge < -0.3 is 20.3 Å². The molecule has 0 bridgehead atoms. The summed E-state index contributed by atoms with van der Waals surface area (Å²) in [6.45, 7) is 6.36. The maximum Gasteiger partial charge on any atom is 0.306 e. The molecule has 0 saturated carbocycles. The quantitative estimate of drug-likeness (QED) is 0.0323. The standard InChI is InChI=1S/C52H97NO5/c1-4-7-10-13-16-19-22-24-25-26-27-28-30-33-36-39-42-45-52(57)58-48(43-40-37-34-31-29-23-20-17-14-11-8-5-2)46-51(56)53-49(47-54)50(55)44-41-38-35-32-21-18-15-12-9-6-3/h8,11,17,20,24-25,48-50,54-55H,4-7,9-10,12-16,18-19,21-23,26-47H2,1-3H3,(H,53,56)/b11-8+,20-17+,25-24+. The van der Waals surface area contributed by atoms with Crippen molar-refractivity contribution in [3.05, 3.63) is 36.5 Å². The fourth-order valence-corrected chi connectivity index (χ4v) is 7.64. The highest BCUT2D eigenvalue weighted by Crippen LogP contribution is 2.18. The van der Waals surface area contributed by atoms with E-state index in [1.54, 1.807) is 0 Å². The van der Waals surface area contributed by atoms with Crippen LogP contribution in [0.25, 0.3) is 0 Å². The van der Waals surface area contributed by atoms with Gasteiger partial charge in [0.1, 0.15) is 6.10 Å². The number of hydrogen-bond acceptors (Lipinski definition) is 5. The van der Waals surface area contributed by atoms with Crippen molar-refractivity contribution in [3.63, 3.8) is 0 Å². The second-order valence-electron chi connectivity index (χ2n) is 17.2. The van der Waals surface area contributed by atoms with Gasteiger partial charge in [0.15, 0.2) is 0 Å². The predicted molar refractivity (Wildman–Crippen MR) is 250 cm³/mol. The summed E-state index contributed by atoms with van der Waals surface area (Å²) >= 11 is 0. The molecule has 340 valence electrons. The van der Waals surface area contributed by atoms with Crippen molar-refractivity contribution >= 4 is 11.9 Å². The number of carbonyl (C=O) groups is 2. The van der Waals surface area contributed by atoms with Crippen LogP contribution in [0, 0.1) is 0 Å². The lowest BCUT2D eigenvalue weighted by molar-refractivity contribution is -0.151. The van der Waals surface area contributed by atoms with Crippen molar-refractivity contribution in [2.75, 3.05) is 6.61 Å². The highest BCUT2D eigenvalue weighted by Gasteiger charge is 2.24. The molecule has 6 nitrogen and oxygen atoms in total. The number of esters is 1. The summed E-state index contributed by atoms with van der Waals surface area (Å²) in [6, 6.07) is -0.703. The zero-order valence-electron chi connectivity index (χ0n) is 38.7. The molecular formula is C52H97NO5. The van der Waals surface area contributed by atoms with Crippen LogP contribution in [0.1, 0.15) is 258 Å². The average molecular weight is 816 g/mol. The van der Waals surface area contributed by atoms with Gasteiger partial charge in [0.2, 0.25) is 5.91 Å². The lowest BCUT2D eigenvalue weighted by atomic mass is 10.0. The number of hydrogen-bond donors (Lipinski definition) is 3. The first-order valence-corrected chi connectivity index (χ1v) is 25.2. The van der Waals surface area contributed by atoms with Gasteiger partial charge in [-0.3, -0.25) is 9.59 Å². The van der Waals surface area contributed by atoms with E-state index in [4.69, 9.17) is 4.74 Å². The number of nitrogens with one attached hydrogen (secondary N) is 1. The van der Waals surface area contributed by atoms with Gasteiger partial charge in [0.25, 0.3) is 0 Å². The maximum atomic E-state index is 13.2. The number of ether oxygens (including phenoxy) is 1. The molecule has 6 heteroatoms. The second-order valence-corrected chi connectivity index (χ2v) is 17.2. The Hall–Kier alpha value is -1.92. The third-order valence-electron chi connectivity index (χ3n) is 11.5. The Balaban J connectivity index is 4.54. The van der Waals surface area contributed by atoms with Crippen LogP contribution < -0.4 is 5.32 Å². The van der Waals surface area contributed by atoms with Crippen molar-refractivity contribution in [2.24, 2.45) is 0 Å². The van der Waals surface area contributed by atoms with Crippen LogP contribution in [-0.4, -0.2) is 46.9 Å². The van der Waals surface area contributed by atoms with E-state index in [0.717, 1.165) is 77.0 Å². The van der Waals surface area contributed by atoms with Crippen molar-refractivity contribution < 1.29 is 24.5 Å². The molecule has 0 rings (SSSR count). The summed E-state index contributed by atoms with van der Waals surface area (Å²) in [5.41, 5.74) is 0. The fourth-order valence-electron chi connectivity index (χ4n) is 7.64. The van der Waals surface area contributed by atoms with Crippen LogP contribution in [0.15, 0.2) is 36.5 Å². The van der Waals surface area contributed by atoms with E-state index in [9.17, 15) is 19.8 Å². The monoisotopic (exact) mass is 816 g/mol. The molecule has 0 aromatic heterocycles. The smallest absolute Gasteiger partial charge is 0.306 e. The zero-order valence-corrected chi connectivity index (χ0v) is 38.7. The maximum absolute atomic E-state index is 13.2. The average Bonchev–Trinajstić information content (AvgIpc) is 3.22. The van der Waals surface area contributed by atoms with Crippen molar-refractivity contribution in [3.8, 4) is 0 Å². The van der Waals surface area contributed by atoms with Crippen molar-refractivity contribution in [2.45, 2.75) is 277 Å². The van der Waals surface area contributed by atoms with E-state index in [0.29, 0.717) is 19.3 Å². The number of rotatable bonds is 45. The van der Waals surface area contributed by atoms with Crippen LogP contribution in [0.4, 0.5) is 0 Å².